The van der Waals surface area contributed by atoms with E-state index in [2.05, 4.69) is 38.9 Å². The number of tetrazole rings is 1. The van der Waals surface area contributed by atoms with Gasteiger partial charge in [0.2, 0.25) is 11.7 Å². The van der Waals surface area contributed by atoms with Crippen molar-refractivity contribution in [2.45, 2.75) is 52.1 Å². The van der Waals surface area contributed by atoms with Crippen molar-refractivity contribution in [3.63, 3.8) is 0 Å². The number of nitrogens with one attached hydrogen (secondary N) is 1. The molecule has 0 radical (unpaired) electrons. The van der Waals surface area contributed by atoms with Crippen molar-refractivity contribution >= 4 is 5.91 Å². The summed E-state index contributed by atoms with van der Waals surface area (Å²) >= 11 is 0. The summed E-state index contributed by atoms with van der Waals surface area (Å²) in [6.07, 6.45) is 4.82. The Morgan fingerprint density at radius 2 is 1.93 bits per heavy atom. The Hall–Kier alpha value is -3.02. The maximum Gasteiger partial charge on any atom is 0.244 e. The van der Waals surface area contributed by atoms with Crippen LogP contribution in [0.25, 0.3) is 11.4 Å². The van der Waals surface area contributed by atoms with Crippen LogP contribution in [0.5, 0.6) is 0 Å². The van der Waals surface area contributed by atoms with Crippen molar-refractivity contribution in [3.8, 4) is 11.4 Å². The van der Waals surface area contributed by atoms with Gasteiger partial charge >= 0.3 is 0 Å². The van der Waals surface area contributed by atoms with Crippen molar-refractivity contribution < 1.29 is 4.79 Å². The highest BCUT2D eigenvalue weighted by Gasteiger charge is 2.16. The number of carbonyl (C=O) groups is 1. The molecule has 0 saturated carbocycles. The van der Waals surface area contributed by atoms with Gasteiger partial charge < -0.3 is 5.32 Å². The largest absolute Gasteiger partial charge is 0.348 e. The van der Waals surface area contributed by atoms with E-state index in [-0.39, 0.29) is 18.5 Å². The van der Waals surface area contributed by atoms with Crippen molar-refractivity contribution in [2.75, 3.05) is 0 Å². The number of aryl methyl sites for hydroxylation is 3. The highest BCUT2D eigenvalue weighted by molar-refractivity contribution is 5.76. The molecule has 6 nitrogen and oxygen atoms in total. The molecule has 0 aliphatic heterocycles. The molecular formula is C22H25N5O. The Labute approximate surface area is 165 Å². The molecule has 28 heavy (non-hydrogen) atoms. The van der Waals surface area contributed by atoms with E-state index in [4.69, 9.17) is 0 Å². The predicted octanol–water partition coefficient (Wildman–Crippen LogP) is 3.40. The van der Waals surface area contributed by atoms with Gasteiger partial charge in [0.05, 0.1) is 6.04 Å². The summed E-state index contributed by atoms with van der Waals surface area (Å²) in [7, 11) is 0. The molecule has 1 N–H and O–H groups in total. The molecule has 1 amide bonds. The summed E-state index contributed by atoms with van der Waals surface area (Å²) in [4.78, 5) is 13.8. The van der Waals surface area contributed by atoms with Gasteiger partial charge in [0.1, 0.15) is 6.54 Å². The van der Waals surface area contributed by atoms with Crippen LogP contribution in [-0.2, 0) is 24.2 Å². The second-order valence-electron chi connectivity index (χ2n) is 7.48. The van der Waals surface area contributed by atoms with Gasteiger partial charge in [-0.3, -0.25) is 4.79 Å². The van der Waals surface area contributed by atoms with E-state index in [9.17, 15) is 4.79 Å². The van der Waals surface area contributed by atoms with Crippen LogP contribution in [0.15, 0.2) is 42.5 Å². The molecule has 1 aliphatic rings. The Kier molecular flexibility index (Phi) is 5.19. The first-order chi connectivity index (χ1) is 13.6. The second kappa shape index (κ2) is 7.92. The fourth-order valence-corrected chi connectivity index (χ4v) is 3.76. The Morgan fingerprint density at radius 3 is 2.75 bits per heavy atom. The van der Waals surface area contributed by atoms with Gasteiger partial charge in [-0.2, -0.15) is 4.80 Å². The summed E-state index contributed by atoms with van der Waals surface area (Å²) in [5.41, 5.74) is 6.01. The van der Waals surface area contributed by atoms with Gasteiger partial charge in [-0.25, -0.2) is 0 Å². The van der Waals surface area contributed by atoms with Gasteiger partial charge in [0.25, 0.3) is 0 Å². The zero-order chi connectivity index (χ0) is 19.5. The standard InChI is InChI=1S/C22H25N5O/c1-15-7-3-6-10-20(15)22-24-26-27(25-22)14-21(28)23-16(2)18-12-11-17-8-4-5-9-19(17)13-18/h3,6-7,10-13,16H,4-5,8-9,14H2,1-2H3,(H,23,28)/t16-/m0/s1. The maximum atomic E-state index is 12.5. The average molecular weight is 375 g/mol. The minimum Gasteiger partial charge on any atom is -0.348 e. The highest BCUT2D eigenvalue weighted by atomic mass is 16.2. The molecular weight excluding hydrogens is 350 g/mol. The lowest BCUT2D eigenvalue weighted by molar-refractivity contribution is -0.122. The lowest BCUT2D eigenvalue weighted by Gasteiger charge is -2.20. The minimum atomic E-state index is -0.126. The lowest BCUT2D eigenvalue weighted by atomic mass is 9.89. The third-order valence-corrected chi connectivity index (χ3v) is 5.37. The SMILES string of the molecule is Cc1ccccc1-c1nnn(CC(=O)N[C@@H](C)c2ccc3c(c2)CCCC3)n1. The molecule has 0 unspecified atom stereocenters. The number of fused-ring (bicyclic) bond motifs is 1. The summed E-state index contributed by atoms with van der Waals surface area (Å²) in [6, 6.07) is 14.4. The van der Waals surface area contributed by atoms with Gasteiger partial charge in [-0.15, -0.1) is 10.2 Å². The quantitative estimate of drug-likeness (QED) is 0.742. The molecule has 2 aromatic carbocycles. The second-order valence-corrected chi connectivity index (χ2v) is 7.48. The van der Waals surface area contributed by atoms with Crippen LogP contribution >= 0.6 is 0 Å². The van der Waals surface area contributed by atoms with Crippen molar-refractivity contribution in [1.29, 1.82) is 0 Å². The predicted molar refractivity (Wildman–Crippen MR) is 108 cm³/mol. The Bertz CT molecular complexity index is 994. The summed E-state index contributed by atoms with van der Waals surface area (Å²) in [5.74, 6) is 0.410. The van der Waals surface area contributed by atoms with Gasteiger partial charge in [0.15, 0.2) is 0 Å². The average Bonchev–Trinajstić information content (AvgIpc) is 3.15. The first-order valence-electron chi connectivity index (χ1n) is 9.85. The van der Waals surface area contributed by atoms with Crippen LogP contribution in [0.3, 0.4) is 0 Å². The number of aromatic nitrogens is 4. The molecule has 3 aromatic rings. The minimum absolute atomic E-state index is 0.0498. The number of benzene rings is 2. The molecule has 1 aliphatic carbocycles. The van der Waals surface area contributed by atoms with E-state index in [1.54, 1.807) is 0 Å². The Morgan fingerprint density at radius 1 is 1.14 bits per heavy atom. The maximum absolute atomic E-state index is 12.5. The molecule has 0 fully saturated rings. The number of nitrogens with zero attached hydrogens (tertiary/aromatic N) is 4. The van der Waals surface area contributed by atoms with Crippen LogP contribution in [-0.4, -0.2) is 26.1 Å². The summed E-state index contributed by atoms with van der Waals surface area (Å²) in [6.45, 7) is 4.06. The van der Waals surface area contributed by atoms with Crippen LogP contribution < -0.4 is 5.32 Å². The van der Waals surface area contributed by atoms with Gasteiger partial charge in [0, 0.05) is 5.56 Å². The first kappa shape index (κ1) is 18.3. The molecule has 1 atom stereocenters. The van der Waals surface area contributed by atoms with Gasteiger partial charge in [-0.1, -0.05) is 42.5 Å². The number of hydrogen-bond donors (Lipinski definition) is 1. The van der Waals surface area contributed by atoms with Crippen LogP contribution in [0.2, 0.25) is 0 Å². The fraction of sp³-hybridized carbons (Fsp3) is 0.364. The normalized spacial score (nSPS) is 14.4. The fourth-order valence-electron chi connectivity index (χ4n) is 3.76. The van der Waals surface area contributed by atoms with Crippen LogP contribution in [0.1, 0.15) is 48.1 Å². The van der Waals surface area contributed by atoms with E-state index in [0.717, 1.165) is 29.5 Å². The van der Waals surface area contributed by atoms with E-state index >= 15 is 0 Å². The number of carbonyl (C=O) groups excluding carboxylic acids is 1. The monoisotopic (exact) mass is 375 g/mol. The van der Waals surface area contributed by atoms with E-state index < -0.39 is 0 Å². The van der Waals surface area contributed by atoms with Crippen LogP contribution in [0, 0.1) is 6.92 Å². The van der Waals surface area contributed by atoms with Crippen molar-refractivity contribution in [3.05, 3.63) is 64.7 Å². The zero-order valence-corrected chi connectivity index (χ0v) is 16.4. The molecule has 6 heteroatoms. The molecule has 144 valence electrons. The number of hydrogen-bond acceptors (Lipinski definition) is 4. The van der Waals surface area contributed by atoms with E-state index in [1.165, 1.54) is 28.8 Å². The van der Waals surface area contributed by atoms with Crippen molar-refractivity contribution in [1.82, 2.24) is 25.5 Å². The van der Waals surface area contributed by atoms with Crippen molar-refractivity contribution in [2.24, 2.45) is 0 Å². The number of amides is 1. The molecule has 4 rings (SSSR count). The molecule has 1 heterocycles. The summed E-state index contributed by atoms with van der Waals surface area (Å²) in [5, 5.41) is 15.5. The molecule has 0 bridgehead atoms. The Balaban J connectivity index is 1.40. The molecule has 1 aromatic heterocycles. The highest BCUT2D eigenvalue weighted by Crippen LogP contribution is 2.24. The van der Waals surface area contributed by atoms with Crippen LogP contribution in [0.4, 0.5) is 0 Å². The third kappa shape index (κ3) is 3.96. The number of rotatable bonds is 5. The first-order valence-corrected chi connectivity index (χ1v) is 9.85. The topological polar surface area (TPSA) is 72.7 Å². The molecule has 0 saturated heterocycles. The van der Waals surface area contributed by atoms with E-state index in [1.807, 2.05) is 38.1 Å². The zero-order valence-electron chi connectivity index (χ0n) is 16.4. The smallest absolute Gasteiger partial charge is 0.244 e. The summed E-state index contributed by atoms with van der Waals surface area (Å²) < 4.78 is 0. The van der Waals surface area contributed by atoms with Gasteiger partial charge in [-0.05, 0) is 67.0 Å². The molecule has 0 spiro atoms. The third-order valence-electron chi connectivity index (χ3n) is 5.37. The van der Waals surface area contributed by atoms with E-state index in [0.29, 0.717) is 5.82 Å². The lowest BCUT2D eigenvalue weighted by Crippen LogP contribution is -2.31.